The number of aryl methyl sites for hydroxylation is 4. The summed E-state index contributed by atoms with van der Waals surface area (Å²) in [6.07, 6.45) is 0. The lowest BCUT2D eigenvalue weighted by atomic mass is 10.1. The predicted octanol–water partition coefficient (Wildman–Crippen LogP) is 4.17. The smallest absolute Gasteiger partial charge is 0.259 e. The minimum Gasteiger partial charge on any atom is -0.335 e. The zero-order chi connectivity index (χ0) is 19.3. The molecule has 0 fully saturated rings. The number of rotatable bonds is 3. The maximum Gasteiger partial charge on any atom is 0.259 e. The quantitative estimate of drug-likeness (QED) is 0.576. The fourth-order valence-electron chi connectivity index (χ4n) is 3.11. The number of aromatic nitrogens is 4. The average molecular weight is 381 g/mol. The summed E-state index contributed by atoms with van der Waals surface area (Å²) in [5, 5.41) is 12.0. The van der Waals surface area contributed by atoms with Crippen molar-refractivity contribution in [2.75, 3.05) is 5.32 Å². The standard InChI is InChI=1S/C19H19N5O2S/c1-9-6-7-15(27-9)14-8-13(16-10(2)23-26-19(16)20-14)18(25)21-17-11(3)22-24(5)12(17)4/h6-8H,1-5H3,(H,21,25). The second-order valence-corrected chi connectivity index (χ2v) is 7.82. The molecule has 0 saturated carbocycles. The lowest BCUT2D eigenvalue weighted by Gasteiger charge is -2.08. The van der Waals surface area contributed by atoms with Crippen LogP contribution in [0.5, 0.6) is 0 Å². The van der Waals surface area contributed by atoms with E-state index < -0.39 is 0 Å². The lowest BCUT2D eigenvalue weighted by Crippen LogP contribution is -2.14. The average Bonchev–Trinajstić information content (AvgIpc) is 3.29. The second-order valence-electron chi connectivity index (χ2n) is 6.54. The predicted molar refractivity (Wildman–Crippen MR) is 105 cm³/mol. The molecule has 0 bridgehead atoms. The third-order valence-electron chi connectivity index (χ3n) is 4.60. The number of fused-ring (bicyclic) bond motifs is 1. The van der Waals surface area contributed by atoms with Gasteiger partial charge in [0.05, 0.1) is 44.3 Å². The Kier molecular flexibility index (Phi) is 4.07. The van der Waals surface area contributed by atoms with Crippen LogP contribution in [-0.2, 0) is 7.05 Å². The molecule has 0 radical (unpaired) electrons. The lowest BCUT2D eigenvalue weighted by molar-refractivity contribution is 0.102. The van der Waals surface area contributed by atoms with Crippen molar-refractivity contribution in [2.24, 2.45) is 7.05 Å². The van der Waals surface area contributed by atoms with E-state index in [4.69, 9.17) is 4.52 Å². The van der Waals surface area contributed by atoms with Crippen molar-refractivity contribution >= 4 is 34.0 Å². The van der Waals surface area contributed by atoms with E-state index >= 15 is 0 Å². The van der Waals surface area contributed by atoms with Gasteiger partial charge in [0.2, 0.25) is 0 Å². The highest BCUT2D eigenvalue weighted by Gasteiger charge is 2.21. The molecule has 27 heavy (non-hydrogen) atoms. The number of carbonyl (C=O) groups excluding carboxylic acids is 1. The molecule has 4 aromatic heterocycles. The number of amides is 1. The molecular weight excluding hydrogens is 362 g/mol. The summed E-state index contributed by atoms with van der Waals surface area (Å²) in [6.45, 7) is 7.63. The second kappa shape index (κ2) is 6.31. The summed E-state index contributed by atoms with van der Waals surface area (Å²) in [6, 6.07) is 5.82. The Morgan fingerprint density at radius 3 is 2.59 bits per heavy atom. The van der Waals surface area contributed by atoms with E-state index in [-0.39, 0.29) is 5.91 Å². The zero-order valence-electron chi connectivity index (χ0n) is 15.7. The van der Waals surface area contributed by atoms with Crippen LogP contribution in [0, 0.1) is 27.7 Å². The summed E-state index contributed by atoms with van der Waals surface area (Å²) in [7, 11) is 1.85. The highest BCUT2D eigenvalue weighted by Crippen LogP contribution is 2.31. The highest BCUT2D eigenvalue weighted by molar-refractivity contribution is 7.15. The van der Waals surface area contributed by atoms with Crippen LogP contribution < -0.4 is 5.32 Å². The number of nitrogens with zero attached hydrogens (tertiary/aromatic N) is 4. The van der Waals surface area contributed by atoms with Crippen LogP contribution in [0.15, 0.2) is 22.7 Å². The molecule has 0 unspecified atom stereocenters. The number of hydrogen-bond acceptors (Lipinski definition) is 6. The molecule has 8 heteroatoms. The van der Waals surface area contributed by atoms with Crippen molar-refractivity contribution in [3.05, 3.63) is 45.7 Å². The first-order valence-corrected chi connectivity index (χ1v) is 9.32. The monoisotopic (exact) mass is 381 g/mol. The molecule has 4 heterocycles. The van der Waals surface area contributed by atoms with Crippen LogP contribution in [-0.4, -0.2) is 25.8 Å². The van der Waals surface area contributed by atoms with Crippen LogP contribution in [0.1, 0.15) is 32.3 Å². The first-order valence-electron chi connectivity index (χ1n) is 8.50. The van der Waals surface area contributed by atoms with E-state index in [1.165, 1.54) is 4.88 Å². The van der Waals surface area contributed by atoms with Crippen LogP contribution in [0.25, 0.3) is 21.7 Å². The summed E-state index contributed by atoms with van der Waals surface area (Å²) in [5.74, 6) is -0.234. The number of nitrogens with one attached hydrogen (secondary N) is 1. The number of carbonyl (C=O) groups is 1. The molecule has 0 atom stereocenters. The van der Waals surface area contributed by atoms with Gasteiger partial charge in [0.1, 0.15) is 0 Å². The zero-order valence-corrected chi connectivity index (χ0v) is 16.6. The molecule has 1 amide bonds. The van der Waals surface area contributed by atoms with Gasteiger partial charge >= 0.3 is 0 Å². The summed E-state index contributed by atoms with van der Waals surface area (Å²) in [5.41, 5.74) is 4.56. The Morgan fingerprint density at radius 1 is 1.19 bits per heavy atom. The Morgan fingerprint density at radius 2 is 1.96 bits per heavy atom. The van der Waals surface area contributed by atoms with E-state index in [0.29, 0.717) is 28.1 Å². The van der Waals surface area contributed by atoms with Gasteiger partial charge in [-0.05, 0) is 45.9 Å². The van der Waals surface area contributed by atoms with Gasteiger partial charge in [-0.1, -0.05) is 5.16 Å². The maximum absolute atomic E-state index is 13.1. The molecule has 4 rings (SSSR count). The highest BCUT2D eigenvalue weighted by atomic mass is 32.1. The SMILES string of the molecule is Cc1ccc(-c2cc(C(=O)Nc3c(C)nn(C)c3C)c3c(C)noc3n2)s1. The fourth-order valence-corrected chi connectivity index (χ4v) is 3.94. The Bertz CT molecular complexity index is 1180. The molecule has 0 saturated heterocycles. The molecule has 0 aromatic carbocycles. The Labute approximate surface area is 160 Å². The van der Waals surface area contributed by atoms with Crippen molar-refractivity contribution in [1.29, 1.82) is 0 Å². The van der Waals surface area contributed by atoms with Crippen molar-refractivity contribution in [3.8, 4) is 10.6 Å². The number of anilines is 1. The molecule has 0 aliphatic rings. The van der Waals surface area contributed by atoms with Crippen molar-refractivity contribution < 1.29 is 9.32 Å². The number of hydrogen-bond donors (Lipinski definition) is 1. The maximum atomic E-state index is 13.1. The van der Waals surface area contributed by atoms with Gasteiger partial charge in [0, 0.05) is 11.9 Å². The molecule has 1 N–H and O–H groups in total. The van der Waals surface area contributed by atoms with Gasteiger partial charge in [-0.25, -0.2) is 4.98 Å². The molecule has 4 aromatic rings. The van der Waals surface area contributed by atoms with Gasteiger partial charge < -0.3 is 9.84 Å². The molecule has 138 valence electrons. The fraction of sp³-hybridized carbons (Fsp3) is 0.263. The van der Waals surface area contributed by atoms with E-state index in [9.17, 15) is 4.79 Å². The van der Waals surface area contributed by atoms with Gasteiger partial charge in [-0.2, -0.15) is 5.10 Å². The van der Waals surface area contributed by atoms with E-state index in [1.54, 1.807) is 29.0 Å². The molecule has 0 spiro atoms. The van der Waals surface area contributed by atoms with Gasteiger partial charge in [-0.3, -0.25) is 9.48 Å². The Balaban J connectivity index is 1.84. The van der Waals surface area contributed by atoms with E-state index in [2.05, 4.69) is 20.6 Å². The van der Waals surface area contributed by atoms with Crippen molar-refractivity contribution in [1.82, 2.24) is 19.9 Å². The van der Waals surface area contributed by atoms with Gasteiger partial charge in [0.15, 0.2) is 0 Å². The third-order valence-corrected chi connectivity index (χ3v) is 5.63. The van der Waals surface area contributed by atoms with E-state index in [0.717, 1.165) is 22.0 Å². The van der Waals surface area contributed by atoms with Crippen molar-refractivity contribution in [3.63, 3.8) is 0 Å². The molecular formula is C19H19N5O2S. The summed E-state index contributed by atoms with van der Waals surface area (Å²) >= 11 is 1.62. The topological polar surface area (TPSA) is 85.8 Å². The largest absolute Gasteiger partial charge is 0.335 e. The summed E-state index contributed by atoms with van der Waals surface area (Å²) < 4.78 is 7.10. The third kappa shape index (κ3) is 2.91. The molecule has 7 nitrogen and oxygen atoms in total. The first kappa shape index (κ1) is 17.4. The normalized spacial score (nSPS) is 11.3. The molecule has 0 aliphatic heterocycles. The van der Waals surface area contributed by atoms with Crippen molar-refractivity contribution in [2.45, 2.75) is 27.7 Å². The van der Waals surface area contributed by atoms with Crippen LogP contribution >= 0.6 is 11.3 Å². The number of thiophene rings is 1. The van der Waals surface area contributed by atoms with Gasteiger partial charge in [0.25, 0.3) is 11.6 Å². The van der Waals surface area contributed by atoms with Crippen LogP contribution in [0.2, 0.25) is 0 Å². The Hall–Kier alpha value is -3.00. The van der Waals surface area contributed by atoms with E-state index in [1.807, 2.05) is 40.0 Å². The minimum absolute atomic E-state index is 0.234. The van der Waals surface area contributed by atoms with Crippen LogP contribution in [0.3, 0.4) is 0 Å². The molecule has 0 aliphatic carbocycles. The summed E-state index contributed by atoms with van der Waals surface area (Å²) in [4.78, 5) is 19.8. The number of pyridine rings is 1. The van der Waals surface area contributed by atoms with Gasteiger partial charge in [-0.15, -0.1) is 11.3 Å². The first-order chi connectivity index (χ1) is 12.8. The minimum atomic E-state index is -0.234. The van der Waals surface area contributed by atoms with Crippen LogP contribution in [0.4, 0.5) is 5.69 Å².